The summed E-state index contributed by atoms with van der Waals surface area (Å²) in [5, 5.41) is 12.8. The number of aldehydes is 1. The van der Waals surface area contributed by atoms with Gasteiger partial charge in [0.15, 0.2) is 17.8 Å². The first-order chi connectivity index (χ1) is 18.4. The molecule has 1 aliphatic carbocycles. The van der Waals surface area contributed by atoms with Crippen LogP contribution in [0.4, 0.5) is 5.82 Å². The second-order valence-electron chi connectivity index (χ2n) is 9.34. The first-order valence-electron chi connectivity index (χ1n) is 12.2. The monoisotopic (exact) mass is 504 g/mol. The topological polar surface area (TPSA) is 136 Å². The van der Waals surface area contributed by atoms with Crippen LogP contribution in [0.3, 0.4) is 0 Å². The summed E-state index contributed by atoms with van der Waals surface area (Å²) < 4.78 is 2.00. The zero-order valence-corrected chi connectivity index (χ0v) is 20.5. The highest BCUT2D eigenvalue weighted by Crippen LogP contribution is 2.36. The molecule has 0 saturated carbocycles. The quantitative estimate of drug-likeness (QED) is 0.304. The number of rotatable bonds is 5. The number of imidazole rings is 1. The van der Waals surface area contributed by atoms with Crippen LogP contribution in [0.5, 0.6) is 5.75 Å². The van der Waals surface area contributed by atoms with Crippen molar-refractivity contribution in [1.29, 1.82) is 0 Å². The molecule has 0 spiro atoms. The Bertz CT molecular complexity index is 1740. The fourth-order valence-electron chi connectivity index (χ4n) is 5.01. The Morgan fingerprint density at radius 1 is 1.13 bits per heavy atom. The van der Waals surface area contributed by atoms with Gasteiger partial charge in [0.2, 0.25) is 0 Å². The van der Waals surface area contributed by atoms with E-state index >= 15 is 0 Å². The van der Waals surface area contributed by atoms with Crippen LogP contribution >= 0.6 is 0 Å². The van der Waals surface area contributed by atoms with E-state index in [4.69, 9.17) is 15.7 Å². The van der Waals surface area contributed by atoms with Gasteiger partial charge >= 0.3 is 0 Å². The molecule has 4 N–H and O–H groups in total. The Morgan fingerprint density at radius 3 is 2.82 bits per heavy atom. The number of phenolic OH excluding ortho intramolecular Hbond substituents is 1. The molecule has 0 fully saturated rings. The molecule has 3 heterocycles. The first kappa shape index (κ1) is 23.4. The van der Waals surface area contributed by atoms with Crippen molar-refractivity contribution in [2.24, 2.45) is 0 Å². The number of nitrogens with two attached hydrogens (primary N) is 1. The molecule has 0 bridgehead atoms. The lowest BCUT2D eigenvalue weighted by Gasteiger charge is -2.16. The maximum atomic E-state index is 12.9. The third-order valence-electron chi connectivity index (χ3n) is 6.91. The molecule has 0 unspecified atom stereocenters. The molecule has 9 heteroatoms. The Balaban J connectivity index is 1.37. The van der Waals surface area contributed by atoms with Crippen LogP contribution in [0.1, 0.15) is 50.0 Å². The molecule has 1 atom stereocenters. The summed E-state index contributed by atoms with van der Waals surface area (Å²) in [6.07, 6.45) is 3.71. The highest BCUT2D eigenvalue weighted by molar-refractivity contribution is 5.96. The number of pyridine rings is 2. The van der Waals surface area contributed by atoms with Crippen molar-refractivity contribution in [2.45, 2.75) is 25.8 Å². The van der Waals surface area contributed by atoms with E-state index < -0.39 is 0 Å². The van der Waals surface area contributed by atoms with Crippen molar-refractivity contribution in [2.75, 3.05) is 5.73 Å². The third-order valence-corrected chi connectivity index (χ3v) is 6.91. The van der Waals surface area contributed by atoms with E-state index in [1.54, 1.807) is 6.20 Å². The zero-order chi connectivity index (χ0) is 26.4. The van der Waals surface area contributed by atoms with E-state index in [2.05, 4.69) is 16.4 Å². The number of phenols is 1. The number of aromatic nitrogens is 4. The lowest BCUT2D eigenvalue weighted by Crippen LogP contribution is -2.27. The summed E-state index contributed by atoms with van der Waals surface area (Å²) in [5.74, 6) is 0.588. The van der Waals surface area contributed by atoms with Crippen molar-refractivity contribution in [3.05, 3.63) is 94.8 Å². The van der Waals surface area contributed by atoms with Crippen LogP contribution in [-0.2, 0) is 6.42 Å². The van der Waals surface area contributed by atoms with Gasteiger partial charge in [-0.25, -0.2) is 15.0 Å². The Hall–Kier alpha value is -5.05. The zero-order valence-electron chi connectivity index (χ0n) is 20.5. The van der Waals surface area contributed by atoms with Crippen LogP contribution in [0.15, 0.2) is 66.9 Å². The summed E-state index contributed by atoms with van der Waals surface area (Å²) in [5.41, 5.74) is 12.7. The number of hydrogen-bond acceptors (Lipinski definition) is 7. The number of hydrogen-bond donors (Lipinski definition) is 3. The van der Waals surface area contributed by atoms with E-state index in [1.807, 2.05) is 47.9 Å². The van der Waals surface area contributed by atoms with Crippen LogP contribution in [0.25, 0.3) is 28.2 Å². The van der Waals surface area contributed by atoms with Crippen LogP contribution < -0.4 is 11.1 Å². The number of benzene rings is 2. The van der Waals surface area contributed by atoms with Gasteiger partial charge in [0.25, 0.3) is 5.91 Å². The van der Waals surface area contributed by atoms with Gasteiger partial charge in [0.05, 0.1) is 17.2 Å². The lowest BCUT2D eigenvalue weighted by molar-refractivity contribution is 0.0936. The van der Waals surface area contributed by atoms with E-state index in [0.717, 1.165) is 52.1 Å². The normalized spacial score (nSPS) is 14.4. The molecular formula is C29H24N6O3. The highest BCUT2D eigenvalue weighted by Gasteiger charge is 2.26. The number of carbonyl (C=O) groups excluding carboxylic acids is 2. The molecule has 2 aromatic carbocycles. The molecule has 1 amide bonds. The second kappa shape index (κ2) is 9.11. The number of fused-ring (bicyclic) bond motifs is 2. The molecule has 3 aromatic heterocycles. The molecule has 38 heavy (non-hydrogen) atoms. The van der Waals surface area contributed by atoms with E-state index in [1.165, 1.54) is 18.2 Å². The Labute approximate surface area is 218 Å². The standard InChI is InChI=1S/C29H24N6O3/c1-16-4-9-24-28(32-16)35(27(33-24)22-3-2-12-31-26(22)30)20-7-8-21-17(14-20)5-10-23(21)34-29(38)18-6-11-25(37)19(13-18)15-36/h2-4,6-9,11-15,23,37H,5,10H2,1H3,(H2,30,31)(H,34,38)/t23-/m0/s1. The summed E-state index contributed by atoms with van der Waals surface area (Å²) in [7, 11) is 0. The predicted molar refractivity (Wildman–Crippen MR) is 143 cm³/mol. The number of nitrogen functional groups attached to an aromatic ring is 1. The van der Waals surface area contributed by atoms with Crippen LogP contribution in [0, 0.1) is 6.92 Å². The average molecular weight is 505 g/mol. The lowest BCUT2D eigenvalue weighted by atomic mass is 10.1. The minimum atomic E-state index is -0.301. The maximum absolute atomic E-state index is 12.9. The molecule has 9 nitrogen and oxygen atoms in total. The number of aromatic hydroxyl groups is 1. The SMILES string of the molecule is Cc1ccc2nc(-c3cccnc3N)n(-c3ccc4c(c3)CC[C@@H]4NC(=O)c3ccc(O)c(C=O)c3)c2n1. The van der Waals surface area contributed by atoms with Crippen LogP contribution in [-0.4, -0.2) is 36.8 Å². The summed E-state index contributed by atoms with van der Waals surface area (Å²) in [6.45, 7) is 1.94. The first-order valence-corrected chi connectivity index (χ1v) is 12.2. The minimum absolute atomic E-state index is 0.0792. The largest absolute Gasteiger partial charge is 0.507 e. The third kappa shape index (κ3) is 3.94. The molecule has 0 radical (unpaired) electrons. The number of carbonyl (C=O) groups is 2. The molecule has 6 rings (SSSR count). The second-order valence-corrected chi connectivity index (χ2v) is 9.34. The fraction of sp³-hybridized carbons (Fsp3) is 0.138. The van der Waals surface area contributed by atoms with Crippen molar-refractivity contribution in [1.82, 2.24) is 24.8 Å². The average Bonchev–Trinajstić information content (AvgIpc) is 3.49. The molecule has 0 aliphatic heterocycles. The van der Waals surface area contributed by atoms with Gasteiger partial charge < -0.3 is 16.2 Å². The van der Waals surface area contributed by atoms with Gasteiger partial charge in [-0.2, -0.15) is 0 Å². The van der Waals surface area contributed by atoms with Crippen LogP contribution in [0.2, 0.25) is 0 Å². The van der Waals surface area contributed by atoms with E-state index in [9.17, 15) is 14.7 Å². The van der Waals surface area contributed by atoms with Gasteiger partial charge in [0.1, 0.15) is 17.1 Å². The smallest absolute Gasteiger partial charge is 0.251 e. The van der Waals surface area contributed by atoms with E-state index in [-0.39, 0.29) is 23.3 Å². The van der Waals surface area contributed by atoms with Crippen molar-refractivity contribution >= 4 is 29.2 Å². The fourth-order valence-corrected chi connectivity index (χ4v) is 5.01. The number of amides is 1. The Morgan fingerprint density at radius 2 is 2.00 bits per heavy atom. The van der Waals surface area contributed by atoms with E-state index in [0.29, 0.717) is 23.5 Å². The molecule has 5 aromatic rings. The highest BCUT2D eigenvalue weighted by atomic mass is 16.3. The number of aryl methyl sites for hydroxylation is 2. The predicted octanol–water partition coefficient (Wildman–Crippen LogP) is 4.31. The number of nitrogens with one attached hydrogen (secondary N) is 1. The molecule has 188 valence electrons. The van der Waals surface area contributed by atoms with Gasteiger partial charge in [-0.1, -0.05) is 6.07 Å². The van der Waals surface area contributed by atoms with Crippen molar-refractivity contribution < 1.29 is 14.7 Å². The summed E-state index contributed by atoms with van der Waals surface area (Å²) in [4.78, 5) is 37.9. The van der Waals surface area contributed by atoms with Gasteiger partial charge in [-0.3, -0.25) is 14.2 Å². The molecular weight excluding hydrogens is 480 g/mol. The number of nitrogens with zero attached hydrogens (tertiary/aromatic N) is 4. The van der Waals surface area contributed by atoms with Gasteiger partial charge in [0, 0.05) is 23.1 Å². The minimum Gasteiger partial charge on any atom is -0.507 e. The molecule has 1 aliphatic rings. The van der Waals surface area contributed by atoms with Crippen molar-refractivity contribution in [3.8, 4) is 22.8 Å². The molecule has 0 saturated heterocycles. The number of anilines is 1. The maximum Gasteiger partial charge on any atom is 0.251 e. The van der Waals surface area contributed by atoms with Gasteiger partial charge in [-0.05, 0) is 85.5 Å². The van der Waals surface area contributed by atoms with Crippen molar-refractivity contribution in [3.63, 3.8) is 0 Å². The van der Waals surface area contributed by atoms with Gasteiger partial charge in [-0.15, -0.1) is 0 Å². The summed E-state index contributed by atoms with van der Waals surface area (Å²) >= 11 is 0. The summed E-state index contributed by atoms with van der Waals surface area (Å²) in [6, 6.07) is 17.8. The Kier molecular flexibility index (Phi) is 5.60.